The van der Waals surface area contributed by atoms with Crippen molar-refractivity contribution in [1.29, 1.82) is 0 Å². The highest BCUT2D eigenvalue weighted by Gasteiger charge is 2.48. The third kappa shape index (κ3) is 1.85. The first kappa shape index (κ1) is 10.9. The summed E-state index contributed by atoms with van der Waals surface area (Å²) in [5.41, 5.74) is 2.84. The van der Waals surface area contributed by atoms with Gasteiger partial charge in [-0.05, 0) is 37.5 Å². The fraction of sp³-hybridized carbons (Fsp3) is 0.385. The molecule has 0 spiro atoms. The highest BCUT2D eigenvalue weighted by molar-refractivity contribution is 6.02. The minimum absolute atomic E-state index is 0.0319. The van der Waals surface area contributed by atoms with Gasteiger partial charge in [0.15, 0.2) is 5.78 Å². The largest absolute Gasteiger partial charge is 0.481 e. The van der Waals surface area contributed by atoms with Gasteiger partial charge in [0.25, 0.3) is 0 Å². The van der Waals surface area contributed by atoms with Gasteiger partial charge in [0, 0.05) is 11.5 Å². The van der Waals surface area contributed by atoms with Gasteiger partial charge in [-0.3, -0.25) is 9.59 Å². The zero-order valence-corrected chi connectivity index (χ0v) is 9.36. The maximum Gasteiger partial charge on any atom is 0.307 e. The van der Waals surface area contributed by atoms with E-state index >= 15 is 0 Å². The highest BCUT2D eigenvalue weighted by atomic mass is 16.4. The minimum atomic E-state index is -0.859. The third-order valence-corrected chi connectivity index (χ3v) is 3.24. The lowest BCUT2D eigenvalue weighted by molar-refractivity contribution is -0.138. The van der Waals surface area contributed by atoms with Gasteiger partial charge in [-0.1, -0.05) is 12.1 Å². The van der Waals surface area contributed by atoms with Gasteiger partial charge in [-0.2, -0.15) is 0 Å². The van der Waals surface area contributed by atoms with E-state index in [4.69, 9.17) is 5.11 Å². The van der Waals surface area contributed by atoms with Gasteiger partial charge in [-0.15, -0.1) is 0 Å². The number of Topliss-reactive ketones (excluding diaryl/α,β-unsaturated/α-hetero) is 1. The number of aryl methyl sites for hydroxylation is 2. The topological polar surface area (TPSA) is 54.4 Å². The molecule has 1 N–H and O–H groups in total. The Hall–Kier alpha value is -1.64. The van der Waals surface area contributed by atoms with Crippen molar-refractivity contribution in [3.63, 3.8) is 0 Å². The summed E-state index contributed by atoms with van der Waals surface area (Å²) in [6, 6.07) is 5.53. The molecule has 0 amide bonds. The average molecular weight is 218 g/mol. The van der Waals surface area contributed by atoms with E-state index in [2.05, 4.69) is 0 Å². The number of carbonyl (C=O) groups is 2. The third-order valence-electron chi connectivity index (χ3n) is 3.24. The normalized spacial score (nSPS) is 22.9. The molecule has 2 unspecified atom stereocenters. The van der Waals surface area contributed by atoms with Gasteiger partial charge in [0.2, 0.25) is 0 Å². The van der Waals surface area contributed by atoms with Gasteiger partial charge in [-0.25, -0.2) is 0 Å². The molecule has 0 heterocycles. The van der Waals surface area contributed by atoms with Gasteiger partial charge < -0.3 is 5.11 Å². The van der Waals surface area contributed by atoms with Crippen molar-refractivity contribution in [2.45, 2.75) is 20.3 Å². The summed E-state index contributed by atoms with van der Waals surface area (Å²) >= 11 is 0. The fourth-order valence-electron chi connectivity index (χ4n) is 1.87. The SMILES string of the molecule is Cc1ccc(C(=O)C2CC2C(=O)O)cc1C. The van der Waals surface area contributed by atoms with Crippen LogP contribution in [0.1, 0.15) is 27.9 Å². The monoisotopic (exact) mass is 218 g/mol. The summed E-state index contributed by atoms with van der Waals surface area (Å²) < 4.78 is 0. The van der Waals surface area contributed by atoms with Crippen LogP contribution in [0.25, 0.3) is 0 Å². The fourth-order valence-corrected chi connectivity index (χ4v) is 1.87. The lowest BCUT2D eigenvalue weighted by Gasteiger charge is -2.03. The van der Waals surface area contributed by atoms with Gasteiger partial charge in [0.1, 0.15) is 0 Å². The second kappa shape index (κ2) is 3.74. The average Bonchev–Trinajstić information content (AvgIpc) is 3.01. The Kier molecular flexibility index (Phi) is 2.54. The van der Waals surface area contributed by atoms with Crippen molar-refractivity contribution in [3.05, 3.63) is 34.9 Å². The number of hydrogen-bond acceptors (Lipinski definition) is 2. The summed E-state index contributed by atoms with van der Waals surface area (Å²) in [4.78, 5) is 22.6. The highest BCUT2D eigenvalue weighted by Crippen LogP contribution is 2.41. The molecule has 2 rings (SSSR count). The van der Waals surface area contributed by atoms with E-state index in [1.54, 1.807) is 6.07 Å². The molecule has 1 fully saturated rings. The van der Waals surface area contributed by atoms with E-state index < -0.39 is 11.9 Å². The molecule has 1 saturated carbocycles. The molecule has 3 nitrogen and oxygen atoms in total. The molecule has 16 heavy (non-hydrogen) atoms. The lowest BCUT2D eigenvalue weighted by Crippen LogP contribution is -2.08. The van der Waals surface area contributed by atoms with Gasteiger partial charge >= 0.3 is 5.97 Å². The maximum atomic E-state index is 11.9. The second-order valence-corrected chi connectivity index (χ2v) is 4.45. The Morgan fingerprint density at radius 2 is 1.88 bits per heavy atom. The molecule has 84 valence electrons. The first-order valence-corrected chi connectivity index (χ1v) is 5.35. The van der Waals surface area contributed by atoms with E-state index in [1.165, 1.54) is 0 Å². The number of aliphatic carboxylic acids is 1. The molecule has 2 atom stereocenters. The van der Waals surface area contributed by atoms with E-state index in [9.17, 15) is 9.59 Å². The molecule has 1 aliphatic carbocycles. The quantitative estimate of drug-likeness (QED) is 0.791. The van der Waals surface area contributed by atoms with E-state index in [-0.39, 0.29) is 11.7 Å². The molecule has 0 radical (unpaired) electrons. The number of rotatable bonds is 3. The smallest absolute Gasteiger partial charge is 0.307 e. The first-order valence-electron chi connectivity index (χ1n) is 5.35. The molecule has 1 aliphatic rings. The van der Waals surface area contributed by atoms with E-state index in [0.29, 0.717) is 12.0 Å². The Morgan fingerprint density at radius 3 is 2.38 bits per heavy atom. The van der Waals surface area contributed by atoms with Crippen LogP contribution in [0.3, 0.4) is 0 Å². The Balaban J connectivity index is 2.17. The van der Waals surface area contributed by atoms with Crippen molar-refractivity contribution in [3.8, 4) is 0 Å². The van der Waals surface area contributed by atoms with E-state index in [1.807, 2.05) is 26.0 Å². The second-order valence-electron chi connectivity index (χ2n) is 4.45. The predicted octanol–water partition coefficient (Wildman–Crippen LogP) is 2.21. The van der Waals surface area contributed by atoms with Crippen molar-refractivity contribution in [2.75, 3.05) is 0 Å². The van der Waals surface area contributed by atoms with Crippen LogP contribution >= 0.6 is 0 Å². The van der Waals surface area contributed by atoms with Crippen LogP contribution < -0.4 is 0 Å². The lowest BCUT2D eigenvalue weighted by atomic mass is 10.0. The number of carboxylic acids is 1. The summed E-state index contributed by atoms with van der Waals surface area (Å²) in [6.07, 6.45) is 0.487. The van der Waals surface area contributed by atoms with Crippen molar-refractivity contribution < 1.29 is 14.7 Å². The maximum absolute atomic E-state index is 11.9. The molecule has 1 aromatic carbocycles. The number of ketones is 1. The minimum Gasteiger partial charge on any atom is -0.481 e. The molecule has 1 aromatic rings. The summed E-state index contributed by atoms with van der Waals surface area (Å²) in [6.45, 7) is 3.94. The summed E-state index contributed by atoms with van der Waals surface area (Å²) in [5.74, 6) is -1.66. The zero-order valence-electron chi connectivity index (χ0n) is 9.36. The standard InChI is InChI=1S/C13H14O3/c1-7-3-4-9(5-8(7)2)12(14)10-6-11(10)13(15)16/h3-5,10-11H,6H2,1-2H3,(H,15,16). The van der Waals surface area contributed by atoms with Crippen LogP contribution in [0.4, 0.5) is 0 Å². The van der Waals surface area contributed by atoms with Crippen molar-refractivity contribution in [1.82, 2.24) is 0 Å². The number of hydrogen-bond donors (Lipinski definition) is 1. The molecule has 0 aromatic heterocycles. The van der Waals surface area contributed by atoms with Crippen molar-refractivity contribution >= 4 is 11.8 Å². The van der Waals surface area contributed by atoms with Crippen LogP contribution in [0.15, 0.2) is 18.2 Å². The van der Waals surface area contributed by atoms with Crippen LogP contribution in [0, 0.1) is 25.7 Å². The molecular formula is C13H14O3. The van der Waals surface area contributed by atoms with Crippen LogP contribution in [0.5, 0.6) is 0 Å². The molecule has 0 bridgehead atoms. The molecule has 0 saturated heterocycles. The van der Waals surface area contributed by atoms with Crippen molar-refractivity contribution in [2.24, 2.45) is 11.8 Å². The first-order chi connectivity index (χ1) is 7.50. The van der Waals surface area contributed by atoms with E-state index in [0.717, 1.165) is 11.1 Å². The summed E-state index contributed by atoms with van der Waals surface area (Å²) in [7, 11) is 0. The number of benzene rings is 1. The predicted molar refractivity (Wildman–Crippen MR) is 59.5 cm³/mol. The molecule has 3 heteroatoms. The molecule has 0 aliphatic heterocycles. The number of carboxylic acid groups (broad SMARTS) is 1. The van der Waals surface area contributed by atoms with Crippen LogP contribution in [-0.2, 0) is 4.79 Å². The van der Waals surface area contributed by atoms with Crippen LogP contribution in [-0.4, -0.2) is 16.9 Å². The Bertz CT molecular complexity index is 462. The Labute approximate surface area is 94.1 Å². The van der Waals surface area contributed by atoms with Crippen LogP contribution in [0.2, 0.25) is 0 Å². The zero-order chi connectivity index (χ0) is 11.9. The molecular weight excluding hydrogens is 204 g/mol. The Morgan fingerprint density at radius 1 is 1.19 bits per heavy atom. The number of carbonyl (C=O) groups excluding carboxylic acids is 1. The summed E-state index contributed by atoms with van der Waals surface area (Å²) in [5, 5.41) is 8.77. The van der Waals surface area contributed by atoms with Gasteiger partial charge in [0.05, 0.1) is 5.92 Å².